The molecule has 1 aliphatic heterocycles. The fraction of sp³-hybridized carbons (Fsp3) is 0.733. The molecular formula is C15H26N6. The molecule has 1 saturated heterocycles. The Morgan fingerprint density at radius 3 is 2.76 bits per heavy atom. The number of aromatic nitrogens is 4. The van der Waals surface area contributed by atoms with Crippen molar-refractivity contribution in [3.8, 4) is 0 Å². The maximum absolute atomic E-state index is 6.24. The molecule has 2 N–H and O–H groups in total. The Balaban J connectivity index is 2.04. The van der Waals surface area contributed by atoms with Gasteiger partial charge in [0.2, 0.25) is 5.95 Å². The van der Waals surface area contributed by atoms with E-state index in [4.69, 9.17) is 5.73 Å². The molecule has 2 unspecified atom stereocenters. The van der Waals surface area contributed by atoms with Crippen LogP contribution in [0.15, 0.2) is 0 Å². The van der Waals surface area contributed by atoms with Gasteiger partial charge in [-0.3, -0.25) is 9.25 Å². The first kappa shape index (κ1) is 14.4. The molecular weight excluding hydrogens is 264 g/mol. The number of nitrogens with zero attached hydrogens (tertiary/aromatic N) is 5. The van der Waals surface area contributed by atoms with Crippen LogP contribution in [0.3, 0.4) is 0 Å². The average Bonchev–Trinajstić information content (AvgIpc) is 2.92. The fourth-order valence-electron chi connectivity index (χ4n) is 3.48. The number of hydrogen-bond donors (Lipinski definition) is 1. The molecule has 0 amide bonds. The summed E-state index contributed by atoms with van der Waals surface area (Å²) in [6, 6.07) is 0.995. The molecule has 6 heteroatoms. The number of rotatable bonds is 3. The topological polar surface area (TPSA) is 64.9 Å². The smallest absolute Gasteiger partial charge is 0.202 e. The molecule has 21 heavy (non-hydrogen) atoms. The summed E-state index contributed by atoms with van der Waals surface area (Å²) in [5.41, 5.74) is 9.38. The van der Waals surface area contributed by atoms with Gasteiger partial charge in [0.05, 0.1) is 5.69 Å². The number of likely N-dealkylation sites (tertiary alicyclic amines) is 1. The number of nitrogens with two attached hydrogens (primary N) is 1. The molecule has 3 heterocycles. The molecule has 3 rings (SSSR count). The van der Waals surface area contributed by atoms with Crippen LogP contribution >= 0.6 is 0 Å². The Kier molecular flexibility index (Phi) is 3.65. The third kappa shape index (κ3) is 2.31. The quantitative estimate of drug-likeness (QED) is 0.938. The van der Waals surface area contributed by atoms with Gasteiger partial charge in [-0.25, -0.2) is 4.98 Å². The molecule has 0 aromatic carbocycles. The summed E-state index contributed by atoms with van der Waals surface area (Å²) in [6.07, 6.45) is 4.26. The van der Waals surface area contributed by atoms with Crippen molar-refractivity contribution in [2.75, 3.05) is 19.3 Å². The van der Waals surface area contributed by atoms with Crippen LogP contribution in [-0.2, 0) is 13.5 Å². The van der Waals surface area contributed by atoms with E-state index < -0.39 is 0 Å². The third-order valence-electron chi connectivity index (χ3n) is 4.80. The van der Waals surface area contributed by atoms with Gasteiger partial charge >= 0.3 is 0 Å². The molecule has 0 bridgehead atoms. The van der Waals surface area contributed by atoms with Crippen LogP contribution in [0.5, 0.6) is 0 Å². The van der Waals surface area contributed by atoms with E-state index in [0.29, 0.717) is 18.0 Å². The van der Waals surface area contributed by atoms with Crippen LogP contribution in [-0.4, -0.2) is 43.9 Å². The normalized spacial score (nSPS) is 24.0. The summed E-state index contributed by atoms with van der Waals surface area (Å²) in [7, 11) is 4.19. The molecule has 0 saturated carbocycles. The van der Waals surface area contributed by atoms with E-state index in [9.17, 15) is 0 Å². The van der Waals surface area contributed by atoms with Crippen molar-refractivity contribution in [1.82, 2.24) is 24.2 Å². The van der Waals surface area contributed by atoms with Crippen LogP contribution in [0.1, 0.15) is 44.8 Å². The lowest BCUT2D eigenvalue weighted by Crippen LogP contribution is -2.38. The monoisotopic (exact) mass is 290 g/mol. The minimum Gasteiger partial charge on any atom is -0.369 e. The molecule has 0 spiro atoms. The second kappa shape index (κ2) is 5.33. The fourth-order valence-corrected chi connectivity index (χ4v) is 3.48. The van der Waals surface area contributed by atoms with Crippen molar-refractivity contribution in [3.05, 3.63) is 5.69 Å². The van der Waals surface area contributed by atoms with Crippen molar-refractivity contribution in [1.29, 1.82) is 0 Å². The average molecular weight is 290 g/mol. The second-order valence-electron chi connectivity index (χ2n) is 6.34. The van der Waals surface area contributed by atoms with Gasteiger partial charge in [0, 0.05) is 25.7 Å². The standard InChI is InChI=1S/C15H26N6/c1-5-6-12-13-14(20(4)18-12)21(15(16)17-13)11-7-8-19(3)10(2)9-11/h10-11H,5-9H2,1-4H3,(H2,16,17). The second-order valence-corrected chi connectivity index (χ2v) is 6.34. The minimum atomic E-state index is 0.422. The lowest BCUT2D eigenvalue weighted by atomic mass is 9.99. The maximum Gasteiger partial charge on any atom is 0.202 e. The van der Waals surface area contributed by atoms with E-state index in [0.717, 1.165) is 49.1 Å². The highest BCUT2D eigenvalue weighted by molar-refractivity contribution is 5.78. The minimum absolute atomic E-state index is 0.422. The summed E-state index contributed by atoms with van der Waals surface area (Å²) in [4.78, 5) is 7.02. The summed E-state index contributed by atoms with van der Waals surface area (Å²) in [5, 5.41) is 4.64. The summed E-state index contributed by atoms with van der Waals surface area (Å²) < 4.78 is 4.16. The molecule has 1 fully saturated rings. The van der Waals surface area contributed by atoms with Gasteiger partial charge in [-0.05, 0) is 33.2 Å². The zero-order valence-electron chi connectivity index (χ0n) is 13.5. The highest BCUT2D eigenvalue weighted by Gasteiger charge is 2.28. The van der Waals surface area contributed by atoms with Crippen molar-refractivity contribution < 1.29 is 0 Å². The number of nitrogen functional groups attached to an aromatic ring is 1. The van der Waals surface area contributed by atoms with Gasteiger partial charge in [-0.15, -0.1) is 0 Å². The molecule has 2 atom stereocenters. The molecule has 0 aliphatic carbocycles. The van der Waals surface area contributed by atoms with Crippen LogP contribution in [0.2, 0.25) is 0 Å². The molecule has 2 aromatic heterocycles. The Morgan fingerprint density at radius 2 is 2.10 bits per heavy atom. The lowest BCUT2D eigenvalue weighted by Gasteiger charge is -2.36. The molecule has 6 nitrogen and oxygen atoms in total. The van der Waals surface area contributed by atoms with E-state index in [1.54, 1.807) is 0 Å². The van der Waals surface area contributed by atoms with Crippen LogP contribution in [0.4, 0.5) is 5.95 Å². The Hall–Kier alpha value is -1.56. The van der Waals surface area contributed by atoms with Gasteiger partial charge in [0.1, 0.15) is 5.52 Å². The van der Waals surface area contributed by atoms with E-state index in [-0.39, 0.29) is 0 Å². The molecule has 2 aromatic rings. The van der Waals surface area contributed by atoms with Gasteiger partial charge in [-0.2, -0.15) is 5.10 Å². The molecule has 0 radical (unpaired) electrons. The number of piperidine rings is 1. The summed E-state index contributed by atoms with van der Waals surface area (Å²) in [5.74, 6) is 0.636. The van der Waals surface area contributed by atoms with E-state index >= 15 is 0 Å². The molecule has 116 valence electrons. The highest BCUT2D eigenvalue weighted by Crippen LogP contribution is 2.32. The van der Waals surface area contributed by atoms with Crippen LogP contribution < -0.4 is 5.73 Å². The SMILES string of the molecule is CCCc1nn(C)c2c1nc(N)n2C1CCN(C)C(C)C1. The van der Waals surface area contributed by atoms with Gasteiger partial charge < -0.3 is 10.6 Å². The lowest BCUT2D eigenvalue weighted by molar-refractivity contribution is 0.159. The summed E-state index contributed by atoms with van der Waals surface area (Å²) in [6.45, 7) is 5.55. The first-order valence-electron chi connectivity index (χ1n) is 7.92. The largest absolute Gasteiger partial charge is 0.369 e. The summed E-state index contributed by atoms with van der Waals surface area (Å²) >= 11 is 0. The number of aryl methyl sites for hydroxylation is 2. The number of imidazole rings is 1. The van der Waals surface area contributed by atoms with Crippen molar-refractivity contribution >= 4 is 17.1 Å². The zero-order chi connectivity index (χ0) is 15.1. The predicted molar refractivity (Wildman–Crippen MR) is 85.3 cm³/mol. The number of fused-ring (bicyclic) bond motifs is 1. The highest BCUT2D eigenvalue weighted by atomic mass is 15.4. The van der Waals surface area contributed by atoms with Crippen molar-refractivity contribution in [2.45, 2.75) is 51.6 Å². The van der Waals surface area contributed by atoms with Crippen LogP contribution in [0.25, 0.3) is 11.2 Å². The van der Waals surface area contributed by atoms with Crippen LogP contribution in [0, 0.1) is 0 Å². The van der Waals surface area contributed by atoms with E-state index in [2.05, 4.69) is 40.4 Å². The zero-order valence-corrected chi connectivity index (χ0v) is 13.5. The number of anilines is 1. The van der Waals surface area contributed by atoms with Gasteiger partial charge in [0.15, 0.2) is 5.65 Å². The van der Waals surface area contributed by atoms with Crippen molar-refractivity contribution in [2.24, 2.45) is 7.05 Å². The Labute approximate surface area is 125 Å². The number of hydrogen-bond acceptors (Lipinski definition) is 4. The van der Waals surface area contributed by atoms with E-state index in [1.165, 1.54) is 0 Å². The first-order chi connectivity index (χ1) is 10.0. The molecule has 1 aliphatic rings. The Bertz CT molecular complexity index is 640. The van der Waals surface area contributed by atoms with Crippen molar-refractivity contribution in [3.63, 3.8) is 0 Å². The van der Waals surface area contributed by atoms with Gasteiger partial charge in [-0.1, -0.05) is 13.3 Å². The maximum atomic E-state index is 6.24. The predicted octanol–water partition coefficient (Wildman–Crippen LogP) is 1.96. The Morgan fingerprint density at radius 1 is 1.33 bits per heavy atom. The van der Waals surface area contributed by atoms with E-state index in [1.807, 2.05) is 11.7 Å². The van der Waals surface area contributed by atoms with Gasteiger partial charge in [0.25, 0.3) is 0 Å². The first-order valence-corrected chi connectivity index (χ1v) is 7.92. The third-order valence-corrected chi connectivity index (χ3v) is 4.80.